The number of anilines is 2. The van der Waals surface area contributed by atoms with Crippen LogP contribution in [0.2, 0.25) is 0 Å². The minimum Gasteiger partial charge on any atom is -0.424 e. The summed E-state index contributed by atoms with van der Waals surface area (Å²) in [6, 6.07) is 16.6. The van der Waals surface area contributed by atoms with Crippen molar-refractivity contribution in [3.8, 4) is 21.7 Å². The fourth-order valence-corrected chi connectivity index (χ4v) is 5.41. The first-order chi connectivity index (χ1) is 18.4. The summed E-state index contributed by atoms with van der Waals surface area (Å²) >= 11 is 1.26. The standard InChI is InChI=1S/C27H21N7O3S/c1-14(23-20(16-8-4-3-5-9-16)17-10-6-7-11-18(17)26(36)37-23)34-25-21(24(28)30-13-31-25)22(33-34)19-12-29-27(38-19)32-15(2)35/h3-14H,1-2H3,(H2,28,30,31)(H,29,32,35). The molecule has 0 saturated carbocycles. The molecule has 3 N–H and O–H groups in total. The fourth-order valence-electron chi connectivity index (χ4n) is 4.56. The maximum Gasteiger partial charge on any atom is 0.343 e. The third-order valence-electron chi connectivity index (χ3n) is 6.21. The van der Waals surface area contributed by atoms with Gasteiger partial charge >= 0.3 is 5.63 Å². The summed E-state index contributed by atoms with van der Waals surface area (Å²) in [5.74, 6) is 0.468. The van der Waals surface area contributed by atoms with Gasteiger partial charge in [-0.2, -0.15) is 5.10 Å². The SMILES string of the molecule is CC(=O)Nc1ncc(-c2nn(C(C)c3oc(=O)c4ccccc4c3-c3ccccc3)c3ncnc(N)c23)s1. The van der Waals surface area contributed by atoms with Gasteiger partial charge in [0, 0.05) is 24.1 Å². The lowest BCUT2D eigenvalue weighted by molar-refractivity contribution is -0.114. The van der Waals surface area contributed by atoms with E-state index in [-0.39, 0.29) is 11.7 Å². The summed E-state index contributed by atoms with van der Waals surface area (Å²) in [4.78, 5) is 38.2. The zero-order valence-corrected chi connectivity index (χ0v) is 21.2. The number of fused-ring (bicyclic) bond motifs is 2. The third kappa shape index (κ3) is 3.89. The van der Waals surface area contributed by atoms with Gasteiger partial charge in [-0.05, 0) is 18.6 Å². The maximum atomic E-state index is 13.1. The zero-order valence-electron chi connectivity index (χ0n) is 20.4. The lowest BCUT2D eigenvalue weighted by Crippen LogP contribution is -2.14. The van der Waals surface area contributed by atoms with Crippen LogP contribution in [0.25, 0.3) is 43.5 Å². The van der Waals surface area contributed by atoms with E-state index in [0.717, 1.165) is 16.5 Å². The van der Waals surface area contributed by atoms with E-state index in [0.29, 0.717) is 37.9 Å². The van der Waals surface area contributed by atoms with Crippen molar-refractivity contribution < 1.29 is 9.21 Å². The highest BCUT2D eigenvalue weighted by atomic mass is 32.1. The second kappa shape index (κ2) is 9.20. The Labute approximate surface area is 219 Å². The second-order valence-electron chi connectivity index (χ2n) is 8.68. The summed E-state index contributed by atoms with van der Waals surface area (Å²) in [5, 5.41) is 9.80. The third-order valence-corrected chi connectivity index (χ3v) is 7.13. The fraction of sp³-hybridized carbons (Fsp3) is 0.111. The van der Waals surface area contributed by atoms with Crippen LogP contribution >= 0.6 is 11.3 Å². The van der Waals surface area contributed by atoms with Crippen LogP contribution in [0.1, 0.15) is 25.6 Å². The molecule has 1 atom stereocenters. The molecule has 0 saturated heterocycles. The molecule has 11 heteroatoms. The summed E-state index contributed by atoms with van der Waals surface area (Å²) in [6.45, 7) is 3.31. The van der Waals surface area contributed by atoms with Gasteiger partial charge in [-0.15, -0.1) is 0 Å². The van der Waals surface area contributed by atoms with Crippen LogP contribution in [0.4, 0.5) is 10.9 Å². The summed E-state index contributed by atoms with van der Waals surface area (Å²) in [5.41, 5.74) is 8.55. The van der Waals surface area contributed by atoms with Gasteiger partial charge in [-0.3, -0.25) is 4.79 Å². The number of amides is 1. The molecular formula is C27H21N7O3S. The van der Waals surface area contributed by atoms with Crippen LogP contribution in [0.3, 0.4) is 0 Å². The Morgan fingerprint density at radius 3 is 2.55 bits per heavy atom. The summed E-state index contributed by atoms with van der Waals surface area (Å²) in [6.07, 6.45) is 2.99. The Balaban J connectivity index is 1.59. The van der Waals surface area contributed by atoms with Crippen LogP contribution in [0.15, 0.2) is 76.3 Å². The predicted octanol–water partition coefficient (Wildman–Crippen LogP) is 4.87. The molecule has 0 radical (unpaired) electrons. The highest BCUT2D eigenvalue weighted by molar-refractivity contribution is 7.19. The molecule has 6 aromatic rings. The van der Waals surface area contributed by atoms with Crippen molar-refractivity contribution in [3.05, 3.63) is 83.3 Å². The van der Waals surface area contributed by atoms with Crippen molar-refractivity contribution in [1.29, 1.82) is 0 Å². The number of carbonyl (C=O) groups is 1. The number of hydrogen-bond donors (Lipinski definition) is 2. The predicted molar refractivity (Wildman–Crippen MR) is 147 cm³/mol. The first-order valence-electron chi connectivity index (χ1n) is 11.8. The Hall–Kier alpha value is -4.90. The van der Waals surface area contributed by atoms with Gasteiger partial charge in [-0.1, -0.05) is 59.9 Å². The number of benzene rings is 2. The van der Waals surface area contributed by atoms with E-state index < -0.39 is 11.7 Å². The molecule has 4 heterocycles. The van der Waals surface area contributed by atoms with E-state index in [9.17, 15) is 9.59 Å². The van der Waals surface area contributed by atoms with Crippen molar-refractivity contribution >= 4 is 50.0 Å². The van der Waals surface area contributed by atoms with Gasteiger partial charge in [0.25, 0.3) is 0 Å². The molecule has 0 aliphatic rings. The Kier molecular flexibility index (Phi) is 5.69. The molecule has 10 nitrogen and oxygen atoms in total. The molecule has 38 heavy (non-hydrogen) atoms. The number of aromatic nitrogens is 5. The maximum absolute atomic E-state index is 13.1. The number of nitrogen functional groups attached to an aromatic ring is 1. The summed E-state index contributed by atoms with van der Waals surface area (Å²) in [7, 11) is 0. The number of rotatable bonds is 5. The largest absolute Gasteiger partial charge is 0.424 e. The molecule has 1 amide bonds. The number of hydrogen-bond acceptors (Lipinski definition) is 9. The van der Waals surface area contributed by atoms with E-state index in [1.54, 1.807) is 16.9 Å². The molecule has 4 aromatic heterocycles. The Morgan fingerprint density at radius 1 is 1.05 bits per heavy atom. The zero-order chi connectivity index (χ0) is 26.4. The molecule has 0 spiro atoms. The van der Waals surface area contributed by atoms with Crippen molar-refractivity contribution in [2.24, 2.45) is 0 Å². The molecule has 188 valence electrons. The van der Waals surface area contributed by atoms with E-state index in [2.05, 4.69) is 20.3 Å². The second-order valence-corrected chi connectivity index (χ2v) is 9.71. The first kappa shape index (κ1) is 23.5. The average molecular weight is 524 g/mol. The van der Waals surface area contributed by atoms with Crippen LogP contribution in [-0.4, -0.2) is 30.6 Å². The van der Waals surface area contributed by atoms with Gasteiger partial charge in [0.2, 0.25) is 5.91 Å². The van der Waals surface area contributed by atoms with E-state index >= 15 is 0 Å². The van der Waals surface area contributed by atoms with E-state index in [1.807, 2.05) is 55.5 Å². The molecule has 0 fully saturated rings. The first-order valence-corrected chi connectivity index (χ1v) is 12.6. The quantitative estimate of drug-likeness (QED) is 0.326. The van der Waals surface area contributed by atoms with Crippen molar-refractivity contribution in [3.63, 3.8) is 0 Å². The van der Waals surface area contributed by atoms with Gasteiger partial charge in [0.15, 0.2) is 10.8 Å². The number of nitrogens with two attached hydrogens (primary N) is 1. The lowest BCUT2D eigenvalue weighted by atomic mass is 9.96. The number of nitrogens with zero attached hydrogens (tertiary/aromatic N) is 5. The number of carbonyl (C=O) groups excluding carboxylic acids is 1. The Bertz CT molecular complexity index is 1890. The average Bonchev–Trinajstić information content (AvgIpc) is 3.54. The van der Waals surface area contributed by atoms with Gasteiger partial charge in [-0.25, -0.2) is 24.4 Å². The minimum absolute atomic E-state index is 0.225. The lowest BCUT2D eigenvalue weighted by Gasteiger charge is -2.18. The number of nitrogens with one attached hydrogen (secondary N) is 1. The van der Waals surface area contributed by atoms with Crippen LogP contribution in [0.5, 0.6) is 0 Å². The van der Waals surface area contributed by atoms with Crippen molar-refractivity contribution in [1.82, 2.24) is 24.7 Å². The van der Waals surface area contributed by atoms with Crippen molar-refractivity contribution in [2.45, 2.75) is 19.9 Å². The molecular weight excluding hydrogens is 502 g/mol. The topological polar surface area (TPSA) is 142 Å². The van der Waals surface area contributed by atoms with Gasteiger partial charge in [0.1, 0.15) is 29.6 Å². The molecule has 0 bridgehead atoms. The molecule has 2 aromatic carbocycles. The van der Waals surface area contributed by atoms with E-state index in [1.165, 1.54) is 24.6 Å². The molecule has 0 aliphatic carbocycles. The number of thiazole rings is 1. The molecule has 1 unspecified atom stereocenters. The van der Waals surface area contributed by atoms with E-state index in [4.69, 9.17) is 15.2 Å². The minimum atomic E-state index is -0.546. The highest BCUT2D eigenvalue weighted by Crippen LogP contribution is 2.39. The molecule has 6 rings (SSSR count). The van der Waals surface area contributed by atoms with Gasteiger partial charge < -0.3 is 15.5 Å². The smallest absolute Gasteiger partial charge is 0.343 e. The monoisotopic (exact) mass is 523 g/mol. The van der Waals surface area contributed by atoms with Crippen LogP contribution < -0.4 is 16.7 Å². The molecule has 0 aliphatic heterocycles. The van der Waals surface area contributed by atoms with Crippen molar-refractivity contribution in [2.75, 3.05) is 11.1 Å². The summed E-state index contributed by atoms with van der Waals surface area (Å²) < 4.78 is 7.67. The normalized spacial score (nSPS) is 12.2. The van der Waals surface area contributed by atoms with Crippen LogP contribution in [0, 0.1) is 0 Å². The Morgan fingerprint density at radius 2 is 1.79 bits per heavy atom. The van der Waals surface area contributed by atoms with Gasteiger partial charge in [0.05, 0.1) is 15.6 Å². The highest BCUT2D eigenvalue weighted by Gasteiger charge is 2.27. The van der Waals surface area contributed by atoms with Crippen LogP contribution in [-0.2, 0) is 4.79 Å².